The lowest BCUT2D eigenvalue weighted by Crippen LogP contribution is -2.29. The van der Waals surface area contributed by atoms with Crippen LogP contribution in [0.2, 0.25) is 0 Å². The highest BCUT2D eigenvalue weighted by atomic mass is 19.2. The SMILES string of the molecule is CC(C)(C)OC(=O)Nc1cc(CC2CCNCC2)cc(F)c1F. The molecule has 1 aliphatic rings. The van der Waals surface area contributed by atoms with Crippen molar-refractivity contribution in [3.05, 3.63) is 29.3 Å². The Bertz CT molecular complexity index is 564. The summed E-state index contributed by atoms with van der Waals surface area (Å²) in [7, 11) is 0. The number of carbonyl (C=O) groups excluding carboxylic acids is 1. The van der Waals surface area contributed by atoms with Gasteiger partial charge in [0.15, 0.2) is 11.6 Å². The fourth-order valence-corrected chi connectivity index (χ4v) is 2.69. The largest absolute Gasteiger partial charge is 0.444 e. The first-order chi connectivity index (χ1) is 10.7. The van der Waals surface area contributed by atoms with Crippen LogP contribution < -0.4 is 10.6 Å². The van der Waals surface area contributed by atoms with Crippen molar-refractivity contribution >= 4 is 11.8 Å². The second-order valence-corrected chi connectivity index (χ2v) is 6.96. The number of hydrogen-bond acceptors (Lipinski definition) is 3. The lowest BCUT2D eigenvalue weighted by molar-refractivity contribution is 0.0635. The second-order valence-electron chi connectivity index (χ2n) is 6.96. The van der Waals surface area contributed by atoms with Gasteiger partial charge >= 0.3 is 6.09 Å². The van der Waals surface area contributed by atoms with Gasteiger partial charge in [-0.2, -0.15) is 0 Å². The van der Waals surface area contributed by atoms with E-state index < -0.39 is 23.3 Å². The maximum absolute atomic E-state index is 13.9. The van der Waals surface area contributed by atoms with Crippen LogP contribution in [0.1, 0.15) is 39.2 Å². The third-order valence-electron chi connectivity index (χ3n) is 3.71. The van der Waals surface area contributed by atoms with Crippen molar-refractivity contribution in [3.8, 4) is 0 Å². The molecule has 1 heterocycles. The average Bonchev–Trinajstić information content (AvgIpc) is 2.43. The van der Waals surface area contributed by atoms with E-state index in [0.29, 0.717) is 17.9 Å². The summed E-state index contributed by atoms with van der Waals surface area (Å²) >= 11 is 0. The van der Waals surface area contributed by atoms with E-state index in [2.05, 4.69) is 10.6 Å². The van der Waals surface area contributed by atoms with E-state index in [1.54, 1.807) is 20.8 Å². The molecule has 0 saturated carbocycles. The van der Waals surface area contributed by atoms with Gasteiger partial charge in [-0.15, -0.1) is 0 Å². The molecule has 2 rings (SSSR count). The van der Waals surface area contributed by atoms with Crippen LogP contribution in [0.25, 0.3) is 0 Å². The van der Waals surface area contributed by atoms with Crippen LogP contribution in [0.3, 0.4) is 0 Å². The maximum Gasteiger partial charge on any atom is 0.412 e. The maximum atomic E-state index is 13.9. The first-order valence-electron chi connectivity index (χ1n) is 7.93. The van der Waals surface area contributed by atoms with Crippen LogP contribution in [0.5, 0.6) is 0 Å². The Balaban J connectivity index is 2.10. The minimum Gasteiger partial charge on any atom is -0.444 e. The van der Waals surface area contributed by atoms with Gasteiger partial charge in [0.05, 0.1) is 5.69 Å². The van der Waals surface area contributed by atoms with Crippen LogP contribution in [0.15, 0.2) is 12.1 Å². The number of hydrogen-bond donors (Lipinski definition) is 2. The molecule has 1 aromatic carbocycles. The standard InChI is InChI=1S/C17H24F2N2O2/c1-17(2,3)23-16(22)21-14-10-12(9-13(18)15(14)19)8-11-4-6-20-7-5-11/h9-11,20H,4-8H2,1-3H3,(H,21,22). The Hall–Kier alpha value is -1.69. The number of nitrogens with one attached hydrogen (secondary N) is 2. The van der Waals surface area contributed by atoms with Gasteiger partial charge in [-0.1, -0.05) is 0 Å². The van der Waals surface area contributed by atoms with E-state index in [0.717, 1.165) is 25.9 Å². The van der Waals surface area contributed by atoms with Crippen molar-refractivity contribution in [1.82, 2.24) is 5.32 Å². The van der Waals surface area contributed by atoms with Gasteiger partial charge in [-0.3, -0.25) is 5.32 Å². The fraction of sp³-hybridized carbons (Fsp3) is 0.588. The van der Waals surface area contributed by atoms with Crippen molar-refractivity contribution in [2.45, 2.75) is 45.6 Å². The predicted molar refractivity (Wildman–Crippen MR) is 85.5 cm³/mol. The molecule has 0 bridgehead atoms. The zero-order valence-corrected chi connectivity index (χ0v) is 13.8. The van der Waals surface area contributed by atoms with E-state index in [9.17, 15) is 13.6 Å². The summed E-state index contributed by atoms with van der Waals surface area (Å²) in [6.07, 6.45) is 1.89. The molecule has 1 saturated heterocycles. The smallest absolute Gasteiger partial charge is 0.412 e. The molecule has 23 heavy (non-hydrogen) atoms. The van der Waals surface area contributed by atoms with Gasteiger partial charge in [-0.25, -0.2) is 13.6 Å². The van der Waals surface area contributed by atoms with E-state index in [1.807, 2.05) is 0 Å². The molecule has 0 aliphatic carbocycles. The first-order valence-corrected chi connectivity index (χ1v) is 7.93. The van der Waals surface area contributed by atoms with Crippen molar-refractivity contribution in [2.24, 2.45) is 5.92 Å². The third kappa shape index (κ3) is 5.46. The molecule has 0 unspecified atom stereocenters. The van der Waals surface area contributed by atoms with Gasteiger partial charge in [0.2, 0.25) is 0 Å². The molecule has 1 aromatic rings. The van der Waals surface area contributed by atoms with Crippen LogP contribution in [0.4, 0.5) is 19.3 Å². The van der Waals surface area contributed by atoms with Crippen molar-refractivity contribution in [3.63, 3.8) is 0 Å². The summed E-state index contributed by atoms with van der Waals surface area (Å²) in [5.74, 6) is -1.58. The Morgan fingerprint density at radius 1 is 1.30 bits per heavy atom. The monoisotopic (exact) mass is 326 g/mol. The Labute approximate surface area is 135 Å². The van der Waals surface area contributed by atoms with Gasteiger partial charge in [0.25, 0.3) is 0 Å². The van der Waals surface area contributed by atoms with E-state index in [-0.39, 0.29) is 5.69 Å². The van der Waals surface area contributed by atoms with Crippen LogP contribution in [-0.2, 0) is 11.2 Å². The van der Waals surface area contributed by atoms with Gasteiger partial charge in [-0.05, 0) is 76.7 Å². The zero-order chi connectivity index (χ0) is 17.0. The molecule has 128 valence electrons. The number of halogens is 2. The van der Waals surface area contributed by atoms with Crippen LogP contribution >= 0.6 is 0 Å². The first kappa shape index (κ1) is 17.7. The number of piperidine rings is 1. The van der Waals surface area contributed by atoms with Gasteiger partial charge < -0.3 is 10.1 Å². The lowest BCUT2D eigenvalue weighted by Gasteiger charge is -2.23. The zero-order valence-electron chi connectivity index (χ0n) is 13.8. The minimum atomic E-state index is -1.06. The fourth-order valence-electron chi connectivity index (χ4n) is 2.69. The van der Waals surface area contributed by atoms with Crippen LogP contribution in [-0.4, -0.2) is 24.8 Å². The summed E-state index contributed by atoms with van der Waals surface area (Å²) in [4.78, 5) is 11.8. The Morgan fingerprint density at radius 3 is 2.57 bits per heavy atom. The molecule has 0 aromatic heterocycles. The number of anilines is 1. The van der Waals surface area contributed by atoms with Crippen molar-refractivity contribution < 1.29 is 18.3 Å². The number of ether oxygens (including phenoxy) is 1. The summed E-state index contributed by atoms with van der Waals surface area (Å²) in [5.41, 5.74) is -0.198. The molecule has 1 fully saturated rings. The highest BCUT2D eigenvalue weighted by Crippen LogP contribution is 2.25. The number of rotatable bonds is 3. The molecule has 0 spiro atoms. The molecule has 6 heteroatoms. The summed E-state index contributed by atoms with van der Waals surface area (Å²) in [5, 5.41) is 5.57. The van der Waals surface area contributed by atoms with Crippen molar-refractivity contribution in [2.75, 3.05) is 18.4 Å². The molecular weight excluding hydrogens is 302 g/mol. The number of carbonyl (C=O) groups is 1. The summed E-state index contributed by atoms with van der Waals surface area (Å²) in [6.45, 7) is 7.00. The van der Waals surface area contributed by atoms with Gasteiger partial charge in [0, 0.05) is 0 Å². The third-order valence-corrected chi connectivity index (χ3v) is 3.71. The van der Waals surface area contributed by atoms with Crippen molar-refractivity contribution in [1.29, 1.82) is 0 Å². The lowest BCUT2D eigenvalue weighted by atomic mass is 9.91. The molecular formula is C17H24F2N2O2. The normalized spacial score (nSPS) is 16.2. The minimum absolute atomic E-state index is 0.178. The quantitative estimate of drug-likeness (QED) is 0.887. The van der Waals surface area contributed by atoms with E-state index in [1.165, 1.54) is 12.1 Å². The average molecular weight is 326 g/mol. The molecule has 0 atom stereocenters. The Morgan fingerprint density at radius 2 is 1.96 bits per heavy atom. The number of benzene rings is 1. The predicted octanol–water partition coefficient (Wildman–Crippen LogP) is 3.85. The second kappa shape index (κ2) is 7.25. The molecule has 0 radical (unpaired) electrons. The summed E-state index contributed by atoms with van der Waals surface area (Å²) < 4.78 is 32.8. The van der Waals surface area contributed by atoms with Gasteiger partial charge in [0.1, 0.15) is 5.60 Å². The summed E-state index contributed by atoms with van der Waals surface area (Å²) in [6, 6.07) is 2.70. The topological polar surface area (TPSA) is 50.4 Å². The van der Waals surface area contributed by atoms with E-state index >= 15 is 0 Å². The molecule has 2 N–H and O–H groups in total. The van der Waals surface area contributed by atoms with E-state index in [4.69, 9.17) is 4.74 Å². The molecule has 1 amide bonds. The number of amides is 1. The molecule has 4 nitrogen and oxygen atoms in total. The molecule has 1 aliphatic heterocycles. The highest BCUT2D eigenvalue weighted by molar-refractivity contribution is 5.85. The Kier molecular flexibility index (Phi) is 5.57. The van der Waals surface area contributed by atoms with Crippen LogP contribution in [0, 0.1) is 17.6 Å². The highest BCUT2D eigenvalue weighted by Gasteiger charge is 2.20.